The number of nitrogens with one attached hydrogen (secondary N) is 1. The Kier molecular flexibility index (Phi) is 4.35. The molecule has 4 heteroatoms. The number of carbonyl (C=O) groups is 1. The van der Waals surface area contributed by atoms with Crippen LogP contribution in [0.3, 0.4) is 0 Å². The number of carbonyl (C=O) groups excluding carboxylic acids is 1. The van der Waals surface area contributed by atoms with E-state index < -0.39 is 5.60 Å². The Bertz CT molecular complexity index is 189. The molecule has 14 heavy (non-hydrogen) atoms. The standard InChI is InChI=1S/C10H20N2O2/c11-7-4-9(13)12-8-10(14)5-2-1-3-6-10/h14H,1-8,11H2,(H,12,13). The minimum Gasteiger partial charge on any atom is -0.388 e. The van der Waals surface area contributed by atoms with Gasteiger partial charge in [0.2, 0.25) is 5.91 Å². The molecule has 82 valence electrons. The van der Waals surface area contributed by atoms with Gasteiger partial charge in [-0.25, -0.2) is 0 Å². The second-order valence-electron chi connectivity index (χ2n) is 4.10. The molecule has 0 unspecified atom stereocenters. The van der Waals surface area contributed by atoms with E-state index in [9.17, 15) is 9.90 Å². The van der Waals surface area contributed by atoms with Crippen LogP contribution in [0.25, 0.3) is 0 Å². The largest absolute Gasteiger partial charge is 0.388 e. The Morgan fingerprint density at radius 2 is 2.00 bits per heavy atom. The highest BCUT2D eigenvalue weighted by Crippen LogP contribution is 2.27. The van der Waals surface area contributed by atoms with Crippen molar-refractivity contribution in [3.05, 3.63) is 0 Å². The molecule has 0 aromatic carbocycles. The summed E-state index contributed by atoms with van der Waals surface area (Å²) in [7, 11) is 0. The van der Waals surface area contributed by atoms with Crippen LogP contribution in [0.2, 0.25) is 0 Å². The molecule has 0 spiro atoms. The molecule has 1 aliphatic rings. The van der Waals surface area contributed by atoms with Crippen molar-refractivity contribution in [2.24, 2.45) is 5.73 Å². The predicted octanol–water partition coefficient (Wildman–Crippen LogP) is 0.147. The molecular weight excluding hydrogens is 180 g/mol. The van der Waals surface area contributed by atoms with Crippen molar-refractivity contribution >= 4 is 5.91 Å². The summed E-state index contributed by atoms with van der Waals surface area (Å²) in [5.74, 6) is -0.0634. The first-order valence-electron chi connectivity index (χ1n) is 5.35. The van der Waals surface area contributed by atoms with Crippen LogP contribution < -0.4 is 11.1 Å². The predicted molar refractivity (Wildman–Crippen MR) is 54.7 cm³/mol. The lowest BCUT2D eigenvalue weighted by atomic mass is 9.85. The third-order valence-corrected chi connectivity index (χ3v) is 2.77. The molecule has 4 N–H and O–H groups in total. The summed E-state index contributed by atoms with van der Waals surface area (Å²) in [5.41, 5.74) is 4.58. The van der Waals surface area contributed by atoms with Gasteiger partial charge in [-0.15, -0.1) is 0 Å². The fourth-order valence-electron chi connectivity index (χ4n) is 1.87. The van der Waals surface area contributed by atoms with E-state index in [0.29, 0.717) is 19.5 Å². The van der Waals surface area contributed by atoms with E-state index in [2.05, 4.69) is 5.32 Å². The van der Waals surface area contributed by atoms with Gasteiger partial charge in [-0.3, -0.25) is 4.79 Å². The third-order valence-electron chi connectivity index (χ3n) is 2.77. The zero-order chi connectivity index (χ0) is 10.4. The number of aliphatic hydroxyl groups is 1. The highest BCUT2D eigenvalue weighted by atomic mass is 16.3. The summed E-state index contributed by atoms with van der Waals surface area (Å²) in [4.78, 5) is 11.1. The van der Waals surface area contributed by atoms with Gasteiger partial charge < -0.3 is 16.2 Å². The molecule has 0 aromatic rings. The maximum Gasteiger partial charge on any atom is 0.221 e. The topological polar surface area (TPSA) is 75.4 Å². The second kappa shape index (κ2) is 5.32. The number of hydrogen-bond donors (Lipinski definition) is 3. The van der Waals surface area contributed by atoms with Crippen LogP contribution in [0.15, 0.2) is 0 Å². The first-order valence-corrected chi connectivity index (χ1v) is 5.35. The lowest BCUT2D eigenvalue weighted by Crippen LogP contribution is -2.44. The molecule has 1 aliphatic carbocycles. The molecule has 0 radical (unpaired) electrons. The molecule has 1 amide bonds. The SMILES string of the molecule is NCCC(=O)NCC1(O)CCCCC1. The Morgan fingerprint density at radius 3 is 2.57 bits per heavy atom. The van der Waals surface area contributed by atoms with Crippen LogP contribution in [0.1, 0.15) is 38.5 Å². The summed E-state index contributed by atoms with van der Waals surface area (Å²) in [5, 5.41) is 12.8. The Hall–Kier alpha value is -0.610. The maximum atomic E-state index is 11.1. The number of nitrogens with two attached hydrogens (primary N) is 1. The van der Waals surface area contributed by atoms with E-state index in [1.807, 2.05) is 0 Å². The van der Waals surface area contributed by atoms with E-state index >= 15 is 0 Å². The van der Waals surface area contributed by atoms with Crippen molar-refractivity contribution in [1.82, 2.24) is 5.32 Å². The van der Waals surface area contributed by atoms with Gasteiger partial charge in [0.15, 0.2) is 0 Å². The van der Waals surface area contributed by atoms with Crippen molar-refractivity contribution in [1.29, 1.82) is 0 Å². The molecule has 4 nitrogen and oxygen atoms in total. The highest BCUT2D eigenvalue weighted by Gasteiger charge is 2.29. The molecule has 0 atom stereocenters. The van der Waals surface area contributed by atoms with Gasteiger partial charge >= 0.3 is 0 Å². The van der Waals surface area contributed by atoms with E-state index in [1.54, 1.807) is 0 Å². The van der Waals surface area contributed by atoms with Crippen LogP contribution in [-0.4, -0.2) is 29.7 Å². The van der Waals surface area contributed by atoms with Crippen molar-refractivity contribution in [2.45, 2.75) is 44.1 Å². The van der Waals surface area contributed by atoms with Gasteiger partial charge in [0.1, 0.15) is 0 Å². The molecule has 0 bridgehead atoms. The smallest absolute Gasteiger partial charge is 0.221 e. The average molecular weight is 200 g/mol. The van der Waals surface area contributed by atoms with Gasteiger partial charge in [-0.1, -0.05) is 19.3 Å². The first kappa shape index (κ1) is 11.5. The van der Waals surface area contributed by atoms with Crippen LogP contribution in [0.4, 0.5) is 0 Å². The van der Waals surface area contributed by atoms with E-state index in [0.717, 1.165) is 25.7 Å². The molecule has 1 fully saturated rings. The summed E-state index contributed by atoms with van der Waals surface area (Å²) in [6, 6.07) is 0. The van der Waals surface area contributed by atoms with Gasteiger partial charge in [0.25, 0.3) is 0 Å². The molecule has 0 heterocycles. The molecule has 0 aromatic heterocycles. The molecule has 0 saturated heterocycles. The first-order chi connectivity index (χ1) is 6.66. The maximum absolute atomic E-state index is 11.1. The molecular formula is C10H20N2O2. The van der Waals surface area contributed by atoms with Crippen LogP contribution >= 0.6 is 0 Å². The van der Waals surface area contributed by atoms with Crippen molar-refractivity contribution in [3.63, 3.8) is 0 Å². The Labute approximate surface area is 84.9 Å². The normalized spacial score (nSPS) is 20.4. The van der Waals surface area contributed by atoms with Crippen LogP contribution in [-0.2, 0) is 4.79 Å². The molecule has 0 aliphatic heterocycles. The lowest BCUT2D eigenvalue weighted by molar-refractivity contribution is -0.122. The fraction of sp³-hybridized carbons (Fsp3) is 0.900. The summed E-state index contributed by atoms with van der Waals surface area (Å²) in [6.45, 7) is 0.746. The monoisotopic (exact) mass is 200 g/mol. The van der Waals surface area contributed by atoms with Crippen molar-refractivity contribution in [2.75, 3.05) is 13.1 Å². The number of rotatable bonds is 4. The average Bonchev–Trinajstić information content (AvgIpc) is 2.17. The van der Waals surface area contributed by atoms with Crippen LogP contribution in [0.5, 0.6) is 0 Å². The van der Waals surface area contributed by atoms with Gasteiger partial charge in [-0.2, -0.15) is 0 Å². The summed E-state index contributed by atoms with van der Waals surface area (Å²) < 4.78 is 0. The van der Waals surface area contributed by atoms with Crippen LogP contribution in [0, 0.1) is 0 Å². The number of hydrogen-bond acceptors (Lipinski definition) is 3. The quantitative estimate of drug-likeness (QED) is 0.604. The Balaban J connectivity index is 2.24. The summed E-state index contributed by atoms with van der Waals surface area (Å²) >= 11 is 0. The van der Waals surface area contributed by atoms with Gasteiger partial charge in [0, 0.05) is 19.5 Å². The minimum atomic E-state index is -0.664. The highest BCUT2D eigenvalue weighted by molar-refractivity contribution is 5.76. The minimum absolute atomic E-state index is 0.0634. The third kappa shape index (κ3) is 3.64. The lowest BCUT2D eigenvalue weighted by Gasteiger charge is -2.32. The van der Waals surface area contributed by atoms with Gasteiger partial charge in [-0.05, 0) is 12.8 Å². The zero-order valence-corrected chi connectivity index (χ0v) is 8.59. The van der Waals surface area contributed by atoms with E-state index in [-0.39, 0.29) is 5.91 Å². The van der Waals surface area contributed by atoms with Gasteiger partial charge in [0.05, 0.1) is 5.60 Å². The zero-order valence-electron chi connectivity index (χ0n) is 8.59. The van der Waals surface area contributed by atoms with Crippen molar-refractivity contribution in [3.8, 4) is 0 Å². The fourth-order valence-corrected chi connectivity index (χ4v) is 1.87. The van der Waals surface area contributed by atoms with E-state index in [1.165, 1.54) is 6.42 Å². The molecule has 1 rings (SSSR count). The van der Waals surface area contributed by atoms with Crippen molar-refractivity contribution < 1.29 is 9.90 Å². The summed E-state index contributed by atoms with van der Waals surface area (Å²) in [6.07, 6.45) is 5.26. The van der Waals surface area contributed by atoms with E-state index in [4.69, 9.17) is 5.73 Å². The number of amides is 1. The Morgan fingerprint density at radius 1 is 1.36 bits per heavy atom. The molecule has 1 saturated carbocycles. The second-order valence-corrected chi connectivity index (χ2v) is 4.10.